The maximum atomic E-state index is 11.6. The van der Waals surface area contributed by atoms with Crippen LogP contribution in [-0.4, -0.2) is 11.7 Å². The fourth-order valence-corrected chi connectivity index (χ4v) is 1.61. The smallest absolute Gasteiger partial charge is 0.221 e. The summed E-state index contributed by atoms with van der Waals surface area (Å²) in [6, 6.07) is 0. The zero-order chi connectivity index (χ0) is 10.9. The molecule has 0 unspecified atom stereocenters. The van der Waals surface area contributed by atoms with Crippen LogP contribution in [0.15, 0.2) is 23.9 Å². The molecule has 0 saturated heterocycles. The van der Waals surface area contributed by atoms with Crippen molar-refractivity contribution in [3.63, 3.8) is 0 Å². The molecule has 0 fully saturated rings. The van der Waals surface area contributed by atoms with E-state index in [9.17, 15) is 9.59 Å². The van der Waals surface area contributed by atoms with Gasteiger partial charge in [-0.05, 0) is 17.4 Å². The molecule has 1 N–H and O–H groups in total. The van der Waals surface area contributed by atoms with Crippen LogP contribution in [0.5, 0.6) is 0 Å². The molecule has 0 aliphatic heterocycles. The third-order valence-corrected chi connectivity index (χ3v) is 2.08. The number of hydrogen-bond acceptors (Lipinski definition) is 2. The Labute approximate surface area is 83.9 Å². The molecule has 14 heavy (non-hydrogen) atoms. The highest BCUT2D eigenvalue weighted by Crippen LogP contribution is 2.32. The Balaban J connectivity index is 3.00. The minimum Gasteiger partial charge on any atom is -0.323 e. The van der Waals surface area contributed by atoms with Crippen molar-refractivity contribution in [2.45, 2.75) is 27.2 Å². The number of ketones is 1. The van der Waals surface area contributed by atoms with Crippen molar-refractivity contribution < 1.29 is 9.59 Å². The third kappa shape index (κ3) is 2.31. The van der Waals surface area contributed by atoms with Gasteiger partial charge in [0.2, 0.25) is 11.7 Å². The van der Waals surface area contributed by atoms with Crippen LogP contribution in [0.4, 0.5) is 0 Å². The summed E-state index contributed by atoms with van der Waals surface area (Å²) in [5.74, 6) is -0.380. The lowest BCUT2D eigenvalue weighted by Crippen LogP contribution is -2.32. The van der Waals surface area contributed by atoms with Gasteiger partial charge in [0.15, 0.2) is 0 Å². The van der Waals surface area contributed by atoms with E-state index in [-0.39, 0.29) is 17.1 Å². The van der Waals surface area contributed by atoms with Crippen molar-refractivity contribution >= 4 is 11.7 Å². The number of allylic oxidation sites excluding steroid dienone is 2. The number of nitrogens with one attached hydrogen (secondary N) is 1. The molecular formula is C11H15NO2. The van der Waals surface area contributed by atoms with Crippen molar-refractivity contribution in [2.24, 2.45) is 5.41 Å². The van der Waals surface area contributed by atoms with E-state index in [1.165, 1.54) is 6.92 Å². The monoisotopic (exact) mass is 193 g/mol. The summed E-state index contributed by atoms with van der Waals surface area (Å²) in [7, 11) is 0. The molecule has 3 heteroatoms. The van der Waals surface area contributed by atoms with Gasteiger partial charge in [0.1, 0.15) is 0 Å². The van der Waals surface area contributed by atoms with Crippen LogP contribution in [0.3, 0.4) is 0 Å². The molecule has 3 nitrogen and oxygen atoms in total. The zero-order valence-electron chi connectivity index (χ0n) is 8.81. The lowest BCUT2D eigenvalue weighted by Gasteiger charge is -2.27. The van der Waals surface area contributed by atoms with E-state index in [1.54, 1.807) is 6.08 Å². The maximum absolute atomic E-state index is 11.6. The molecule has 1 aliphatic carbocycles. The van der Waals surface area contributed by atoms with E-state index in [0.29, 0.717) is 17.7 Å². The van der Waals surface area contributed by atoms with E-state index >= 15 is 0 Å². The average molecular weight is 193 g/mol. The average Bonchev–Trinajstić information content (AvgIpc) is 1.97. The van der Waals surface area contributed by atoms with Gasteiger partial charge >= 0.3 is 0 Å². The standard InChI is InChI=1S/C11H15NO2/c1-7-5-11(3,4)6-9(10(7)14)12-8(2)13/h6H,1,5H2,2-4H3,(H,12,13). The first-order valence-corrected chi connectivity index (χ1v) is 4.55. The Kier molecular flexibility index (Phi) is 2.60. The predicted octanol–water partition coefficient (Wildman–Crippen LogP) is 1.56. The Morgan fingerprint density at radius 2 is 2.14 bits per heavy atom. The number of hydrogen-bond donors (Lipinski definition) is 1. The van der Waals surface area contributed by atoms with Gasteiger partial charge < -0.3 is 5.32 Å². The third-order valence-electron chi connectivity index (χ3n) is 2.08. The van der Waals surface area contributed by atoms with Gasteiger partial charge in [0.05, 0.1) is 5.70 Å². The molecule has 0 spiro atoms. The lowest BCUT2D eigenvalue weighted by molar-refractivity contribution is -0.120. The van der Waals surface area contributed by atoms with Gasteiger partial charge in [-0.1, -0.05) is 26.5 Å². The summed E-state index contributed by atoms with van der Waals surface area (Å²) in [6.07, 6.45) is 2.44. The molecule has 0 heterocycles. The molecule has 0 radical (unpaired) electrons. The lowest BCUT2D eigenvalue weighted by atomic mass is 9.79. The zero-order valence-corrected chi connectivity index (χ0v) is 8.81. The molecule has 1 aliphatic rings. The van der Waals surface area contributed by atoms with Crippen LogP contribution in [0, 0.1) is 5.41 Å². The molecule has 0 aromatic heterocycles. The van der Waals surface area contributed by atoms with Crippen LogP contribution in [0.2, 0.25) is 0 Å². The van der Waals surface area contributed by atoms with Crippen LogP contribution >= 0.6 is 0 Å². The van der Waals surface area contributed by atoms with Gasteiger partial charge in [-0.3, -0.25) is 9.59 Å². The molecule has 0 atom stereocenters. The second-order valence-corrected chi connectivity index (χ2v) is 4.34. The molecule has 0 aromatic rings. The van der Waals surface area contributed by atoms with Crippen LogP contribution in [0.25, 0.3) is 0 Å². The number of rotatable bonds is 1. The molecule has 76 valence electrons. The maximum Gasteiger partial charge on any atom is 0.221 e. The number of carbonyl (C=O) groups excluding carboxylic acids is 2. The van der Waals surface area contributed by atoms with E-state index < -0.39 is 0 Å². The summed E-state index contributed by atoms with van der Waals surface area (Å²) in [6.45, 7) is 9.11. The second-order valence-electron chi connectivity index (χ2n) is 4.34. The summed E-state index contributed by atoms with van der Waals surface area (Å²) >= 11 is 0. The Morgan fingerprint density at radius 3 is 2.64 bits per heavy atom. The summed E-state index contributed by atoms with van der Waals surface area (Å²) in [5, 5.41) is 2.53. The topological polar surface area (TPSA) is 46.2 Å². The summed E-state index contributed by atoms with van der Waals surface area (Å²) in [4.78, 5) is 22.4. The quantitative estimate of drug-likeness (QED) is 0.642. The SMILES string of the molecule is C=C1CC(C)(C)C=C(NC(C)=O)C1=O. The first-order chi connectivity index (χ1) is 6.32. The summed E-state index contributed by atoms with van der Waals surface area (Å²) in [5.41, 5.74) is 0.808. The first kappa shape index (κ1) is 10.7. The molecular weight excluding hydrogens is 178 g/mol. The van der Waals surface area contributed by atoms with Crippen LogP contribution in [-0.2, 0) is 9.59 Å². The van der Waals surface area contributed by atoms with E-state index in [4.69, 9.17) is 0 Å². The van der Waals surface area contributed by atoms with Crippen molar-refractivity contribution in [1.29, 1.82) is 0 Å². The minimum atomic E-state index is -0.227. The van der Waals surface area contributed by atoms with Crippen LogP contribution < -0.4 is 5.32 Å². The molecule has 1 rings (SSSR count). The molecule has 0 aromatic carbocycles. The van der Waals surface area contributed by atoms with E-state index in [1.807, 2.05) is 13.8 Å². The van der Waals surface area contributed by atoms with Crippen molar-refractivity contribution in [3.8, 4) is 0 Å². The van der Waals surface area contributed by atoms with E-state index in [0.717, 1.165) is 0 Å². The van der Waals surface area contributed by atoms with Crippen LogP contribution in [0.1, 0.15) is 27.2 Å². The predicted molar refractivity (Wildman–Crippen MR) is 54.4 cm³/mol. The van der Waals surface area contributed by atoms with Crippen molar-refractivity contribution in [3.05, 3.63) is 23.9 Å². The highest BCUT2D eigenvalue weighted by atomic mass is 16.2. The minimum absolute atomic E-state index is 0.108. The molecule has 0 bridgehead atoms. The molecule has 0 saturated carbocycles. The summed E-state index contributed by atoms with van der Waals surface area (Å²) < 4.78 is 0. The van der Waals surface area contributed by atoms with Gasteiger partial charge in [-0.25, -0.2) is 0 Å². The van der Waals surface area contributed by atoms with Crippen molar-refractivity contribution in [2.75, 3.05) is 0 Å². The van der Waals surface area contributed by atoms with Gasteiger partial charge in [0.25, 0.3) is 0 Å². The van der Waals surface area contributed by atoms with E-state index in [2.05, 4.69) is 11.9 Å². The van der Waals surface area contributed by atoms with Crippen molar-refractivity contribution in [1.82, 2.24) is 5.32 Å². The van der Waals surface area contributed by atoms with Gasteiger partial charge in [-0.2, -0.15) is 0 Å². The number of amides is 1. The first-order valence-electron chi connectivity index (χ1n) is 4.55. The molecule has 1 amide bonds. The second kappa shape index (κ2) is 3.40. The fourth-order valence-electron chi connectivity index (χ4n) is 1.61. The van der Waals surface area contributed by atoms with Gasteiger partial charge in [-0.15, -0.1) is 0 Å². The Bertz CT molecular complexity index is 337. The largest absolute Gasteiger partial charge is 0.323 e. The highest BCUT2D eigenvalue weighted by molar-refractivity contribution is 6.10. The Hall–Kier alpha value is -1.38. The fraction of sp³-hybridized carbons (Fsp3) is 0.455. The normalized spacial score (nSPS) is 20.4. The number of carbonyl (C=O) groups is 2. The van der Waals surface area contributed by atoms with Gasteiger partial charge in [0, 0.05) is 6.92 Å². The number of Topliss-reactive ketones (excluding diaryl/α,β-unsaturated/α-hetero) is 1. The highest BCUT2D eigenvalue weighted by Gasteiger charge is 2.29. The Morgan fingerprint density at radius 1 is 1.57 bits per heavy atom.